The fourth-order valence-electron chi connectivity index (χ4n) is 1.43. The molecule has 0 aliphatic rings. The Bertz CT molecular complexity index is 671. The van der Waals surface area contributed by atoms with Gasteiger partial charge in [0.15, 0.2) is 0 Å². The van der Waals surface area contributed by atoms with Crippen LogP contribution in [0.4, 0.5) is 0 Å². The second kappa shape index (κ2) is 10.0. The van der Waals surface area contributed by atoms with E-state index in [4.69, 9.17) is 10.4 Å². The molecule has 0 saturated heterocycles. The monoisotopic (exact) mass is 378 g/mol. The zero-order valence-corrected chi connectivity index (χ0v) is 14.3. The average Bonchev–Trinajstić information content (AvgIpc) is 2.47. The second-order valence-electron chi connectivity index (χ2n) is 4.26. The predicted molar refractivity (Wildman–Crippen MR) is 91.5 cm³/mol. The van der Waals surface area contributed by atoms with E-state index in [-0.39, 0.29) is 6.54 Å². The summed E-state index contributed by atoms with van der Waals surface area (Å²) in [4.78, 5) is 11.2. The first-order valence-corrected chi connectivity index (χ1v) is 7.96. The number of carbonyl (C=O) groups is 1. The highest BCUT2D eigenvalue weighted by molar-refractivity contribution is 9.10. The Hall–Kier alpha value is -1.81. The van der Waals surface area contributed by atoms with E-state index in [0.29, 0.717) is 0 Å². The molecule has 114 valence electrons. The van der Waals surface area contributed by atoms with Crippen LogP contribution in [0, 0.1) is 18.3 Å². The third-order valence-electron chi connectivity index (χ3n) is 2.36. The van der Waals surface area contributed by atoms with Gasteiger partial charge in [-0.25, -0.2) is 4.72 Å². The number of nitriles is 1. The van der Waals surface area contributed by atoms with Gasteiger partial charge in [-0.2, -0.15) is 5.26 Å². The van der Waals surface area contributed by atoms with Crippen LogP contribution in [-0.2, 0) is 4.79 Å². The quantitative estimate of drug-likeness (QED) is 0.786. The van der Waals surface area contributed by atoms with E-state index >= 15 is 0 Å². The van der Waals surface area contributed by atoms with E-state index in [0.717, 1.165) is 20.5 Å². The van der Waals surface area contributed by atoms with E-state index in [1.807, 2.05) is 49.4 Å². The highest BCUT2D eigenvalue weighted by Crippen LogP contribution is 2.19. The van der Waals surface area contributed by atoms with E-state index in [2.05, 4.69) is 26.7 Å². The number of carboxylic acid groups (broad SMARTS) is 1. The summed E-state index contributed by atoms with van der Waals surface area (Å²) in [5.41, 5.74) is 1.86. The van der Waals surface area contributed by atoms with Crippen molar-refractivity contribution >= 4 is 33.8 Å². The number of aliphatic carboxylic acids is 1. The number of rotatable bonds is 4. The van der Waals surface area contributed by atoms with Crippen molar-refractivity contribution in [3.63, 3.8) is 0 Å². The van der Waals surface area contributed by atoms with Gasteiger partial charge in [-0.15, -0.1) is 0 Å². The fraction of sp³-hybridized carbons (Fsp3) is 0.125. The Labute approximate surface area is 142 Å². The van der Waals surface area contributed by atoms with Crippen molar-refractivity contribution < 1.29 is 9.90 Å². The fourth-order valence-corrected chi connectivity index (χ4v) is 2.67. The number of benzene rings is 2. The molecule has 0 bridgehead atoms. The largest absolute Gasteiger partial charge is 0.480 e. The number of nitrogens with one attached hydrogen (secondary N) is 1. The van der Waals surface area contributed by atoms with Crippen LogP contribution in [0.1, 0.15) is 11.1 Å². The van der Waals surface area contributed by atoms with E-state index in [1.165, 1.54) is 11.9 Å². The van der Waals surface area contributed by atoms with Gasteiger partial charge >= 0.3 is 5.97 Å². The van der Waals surface area contributed by atoms with Gasteiger partial charge in [-0.05, 0) is 54.8 Å². The summed E-state index contributed by atoms with van der Waals surface area (Å²) in [6.45, 7) is 1.93. The molecule has 0 radical (unpaired) electrons. The van der Waals surface area contributed by atoms with Crippen molar-refractivity contribution in [3.05, 3.63) is 64.1 Å². The van der Waals surface area contributed by atoms with Crippen LogP contribution in [-0.4, -0.2) is 17.6 Å². The molecule has 0 aromatic heterocycles. The van der Waals surface area contributed by atoms with Crippen molar-refractivity contribution in [3.8, 4) is 6.07 Å². The number of halogens is 1. The lowest BCUT2D eigenvalue weighted by Gasteiger charge is -2.00. The number of carboxylic acids is 1. The lowest BCUT2D eigenvalue weighted by atomic mass is 10.2. The summed E-state index contributed by atoms with van der Waals surface area (Å²) in [5, 5.41) is 16.8. The molecule has 0 unspecified atom stereocenters. The molecule has 2 N–H and O–H groups in total. The Morgan fingerprint density at radius 3 is 2.59 bits per heavy atom. The van der Waals surface area contributed by atoms with Gasteiger partial charge in [-0.1, -0.05) is 34.1 Å². The number of hydrogen-bond acceptors (Lipinski definition) is 4. The lowest BCUT2D eigenvalue weighted by Crippen LogP contribution is -2.15. The summed E-state index contributed by atoms with van der Waals surface area (Å²) in [5.74, 6) is -0.859. The van der Waals surface area contributed by atoms with Gasteiger partial charge < -0.3 is 5.11 Å². The maximum atomic E-state index is 10.2. The van der Waals surface area contributed by atoms with Crippen LogP contribution in [0.2, 0.25) is 0 Å². The van der Waals surface area contributed by atoms with Crippen LogP contribution in [0.25, 0.3) is 0 Å². The smallest absolute Gasteiger partial charge is 0.318 e. The standard InChI is InChI=1S/C8H8BrNO2S.C8H7N/c9-6-2-1-3-7(4-6)13-10-5-8(11)12;1-7-3-2-4-8(5-7)6-9/h1-4,10H,5H2,(H,11,12);2-5H,1H3. The minimum absolute atomic E-state index is 0.0445. The summed E-state index contributed by atoms with van der Waals surface area (Å²) in [6, 6.07) is 17.2. The first kappa shape index (κ1) is 18.2. The summed E-state index contributed by atoms with van der Waals surface area (Å²) in [6.07, 6.45) is 0. The minimum Gasteiger partial charge on any atom is -0.480 e. The normalized spacial score (nSPS) is 9.32. The molecule has 0 aliphatic carbocycles. The van der Waals surface area contributed by atoms with Crippen molar-refractivity contribution in [2.45, 2.75) is 11.8 Å². The van der Waals surface area contributed by atoms with Crippen molar-refractivity contribution in [1.29, 1.82) is 5.26 Å². The number of nitrogens with zero attached hydrogens (tertiary/aromatic N) is 1. The number of hydrogen-bond donors (Lipinski definition) is 2. The van der Waals surface area contributed by atoms with Crippen LogP contribution in [0.15, 0.2) is 57.9 Å². The molecule has 0 atom stereocenters. The third kappa shape index (κ3) is 7.84. The van der Waals surface area contributed by atoms with Crippen molar-refractivity contribution in [1.82, 2.24) is 4.72 Å². The molecule has 0 saturated carbocycles. The predicted octanol–water partition coefficient (Wildman–Crippen LogP) is 4.00. The molecule has 0 aliphatic heterocycles. The number of aryl methyl sites for hydroxylation is 1. The summed E-state index contributed by atoms with van der Waals surface area (Å²) >= 11 is 4.63. The molecule has 22 heavy (non-hydrogen) atoms. The second-order valence-corrected chi connectivity index (χ2v) is 6.14. The molecule has 0 amide bonds. The molecule has 2 rings (SSSR count). The minimum atomic E-state index is -0.859. The third-order valence-corrected chi connectivity index (χ3v) is 3.63. The van der Waals surface area contributed by atoms with Gasteiger partial charge in [0, 0.05) is 9.37 Å². The van der Waals surface area contributed by atoms with Crippen LogP contribution in [0.5, 0.6) is 0 Å². The van der Waals surface area contributed by atoms with Crippen LogP contribution < -0.4 is 4.72 Å². The van der Waals surface area contributed by atoms with Gasteiger partial charge in [0.2, 0.25) is 0 Å². The van der Waals surface area contributed by atoms with Gasteiger partial charge in [0.05, 0.1) is 11.6 Å². The Morgan fingerprint density at radius 2 is 2.05 bits per heavy atom. The molecular weight excluding hydrogens is 364 g/mol. The summed E-state index contributed by atoms with van der Waals surface area (Å²) in [7, 11) is 0. The van der Waals surface area contributed by atoms with Gasteiger partial charge in [0.1, 0.15) is 6.54 Å². The maximum Gasteiger partial charge on any atom is 0.318 e. The Balaban J connectivity index is 0.000000235. The SMILES string of the molecule is Cc1cccc(C#N)c1.O=C(O)CNSc1cccc(Br)c1. The van der Waals surface area contributed by atoms with Gasteiger partial charge in [-0.3, -0.25) is 4.79 Å². The molecule has 2 aromatic carbocycles. The maximum absolute atomic E-state index is 10.2. The molecule has 0 spiro atoms. The van der Waals surface area contributed by atoms with E-state index < -0.39 is 5.97 Å². The molecular formula is C16H15BrN2O2S. The topological polar surface area (TPSA) is 73.1 Å². The molecule has 0 fully saturated rings. The highest BCUT2D eigenvalue weighted by Gasteiger charge is 1.97. The molecule has 4 nitrogen and oxygen atoms in total. The van der Waals surface area contributed by atoms with Gasteiger partial charge in [0.25, 0.3) is 0 Å². The first-order chi connectivity index (χ1) is 10.5. The Kier molecular flexibility index (Phi) is 8.30. The lowest BCUT2D eigenvalue weighted by molar-refractivity contribution is -0.135. The van der Waals surface area contributed by atoms with E-state index in [1.54, 1.807) is 6.07 Å². The molecule has 0 heterocycles. The van der Waals surface area contributed by atoms with Crippen molar-refractivity contribution in [2.75, 3.05) is 6.54 Å². The van der Waals surface area contributed by atoms with Crippen molar-refractivity contribution in [2.24, 2.45) is 0 Å². The Morgan fingerprint density at radius 1 is 1.32 bits per heavy atom. The van der Waals surface area contributed by atoms with E-state index in [9.17, 15) is 4.79 Å². The first-order valence-electron chi connectivity index (χ1n) is 6.35. The molecule has 6 heteroatoms. The van der Waals surface area contributed by atoms with Crippen LogP contribution in [0.3, 0.4) is 0 Å². The highest BCUT2D eigenvalue weighted by atomic mass is 79.9. The zero-order chi connectivity index (χ0) is 16.4. The van der Waals surface area contributed by atoms with Crippen LogP contribution >= 0.6 is 27.9 Å². The molecule has 2 aromatic rings. The summed E-state index contributed by atoms with van der Waals surface area (Å²) < 4.78 is 3.71. The average molecular weight is 379 g/mol. The zero-order valence-electron chi connectivity index (χ0n) is 11.9.